The minimum absolute atomic E-state index is 0.359. The van der Waals surface area contributed by atoms with E-state index in [1.54, 1.807) is 0 Å². The zero-order valence-corrected chi connectivity index (χ0v) is 11.0. The normalized spacial score (nSPS) is 31.0. The zero-order valence-electron chi connectivity index (χ0n) is 10.2. The van der Waals surface area contributed by atoms with Crippen molar-refractivity contribution < 1.29 is 0 Å². The Morgan fingerprint density at radius 3 is 2.83 bits per heavy atom. The number of hydrogen-bond donors (Lipinski definition) is 1. The van der Waals surface area contributed by atoms with Crippen molar-refractivity contribution in [3.63, 3.8) is 0 Å². The molecule has 2 aliphatic rings. The van der Waals surface area contributed by atoms with E-state index in [1.165, 1.54) is 6.42 Å². The van der Waals surface area contributed by atoms with Crippen LogP contribution in [0.25, 0.3) is 0 Å². The number of fused-ring (bicyclic) bond motifs is 1. The summed E-state index contributed by atoms with van der Waals surface area (Å²) in [5, 5.41) is 13.8. The molecule has 3 nitrogen and oxygen atoms in total. The van der Waals surface area contributed by atoms with Crippen molar-refractivity contribution in [1.82, 2.24) is 4.90 Å². The van der Waals surface area contributed by atoms with Crippen molar-refractivity contribution in [3.05, 3.63) is 29.3 Å². The Bertz CT molecular complexity index is 479. The lowest BCUT2D eigenvalue weighted by Gasteiger charge is -2.30. The van der Waals surface area contributed by atoms with Crippen LogP contribution in [-0.2, 0) is 0 Å². The first-order chi connectivity index (χ1) is 8.73. The molecule has 0 amide bonds. The highest BCUT2D eigenvalue weighted by Gasteiger charge is 2.49. The molecular weight excluding hydrogens is 246 g/mol. The summed E-state index contributed by atoms with van der Waals surface area (Å²) in [5.74, 6) is 0. The highest BCUT2D eigenvalue weighted by molar-refractivity contribution is 6.30. The van der Waals surface area contributed by atoms with Gasteiger partial charge in [0.1, 0.15) is 5.54 Å². The number of halogens is 1. The third kappa shape index (κ3) is 1.86. The van der Waals surface area contributed by atoms with E-state index in [0.717, 1.165) is 36.6 Å². The number of anilines is 1. The lowest BCUT2D eigenvalue weighted by Crippen LogP contribution is -2.46. The van der Waals surface area contributed by atoms with Gasteiger partial charge in [0.05, 0.1) is 6.07 Å². The maximum absolute atomic E-state index is 9.61. The van der Waals surface area contributed by atoms with Crippen LogP contribution < -0.4 is 5.32 Å². The monoisotopic (exact) mass is 261 g/mol. The molecule has 1 N–H and O–H groups in total. The van der Waals surface area contributed by atoms with Gasteiger partial charge in [-0.05, 0) is 50.1 Å². The topological polar surface area (TPSA) is 39.1 Å². The summed E-state index contributed by atoms with van der Waals surface area (Å²) in [7, 11) is 0. The molecule has 0 saturated carbocycles. The fourth-order valence-electron chi connectivity index (χ4n) is 3.23. The maximum atomic E-state index is 9.61. The summed E-state index contributed by atoms with van der Waals surface area (Å²) >= 11 is 5.88. The van der Waals surface area contributed by atoms with Crippen molar-refractivity contribution in [2.24, 2.45) is 0 Å². The summed E-state index contributed by atoms with van der Waals surface area (Å²) in [5.41, 5.74) is 0.555. The smallest absolute Gasteiger partial charge is 0.142 e. The second-order valence-electron chi connectivity index (χ2n) is 5.16. The average molecular weight is 262 g/mol. The van der Waals surface area contributed by atoms with E-state index in [4.69, 9.17) is 11.6 Å². The van der Waals surface area contributed by atoms with Gasteiger partial charge in [-0.3, -0.25) is 4.90 Å². The zero-order chi connectivity index (χ0) is 12.6. The Balaban J connectivity index is 1.85. The lowest BCUT2D eigenvalue weighted by atomic mass is 9.90. The third-order valence-electron chi connectivity index (χ3n) is 4.14. The summed E-state index contributed by atoms with van der Waals surface area (Å²) in [6.45, 7) is 2.16. The molecule has 2 atom stereocenters. The Hall–Kier alpha value is -1.24. The Kier molecular flexibility index (Phi) is 2.93. The van der Waals surface area contributed by atoms with Gasteiger partial charge in [-0.25, -0.2) is 0 Å². The van der Waals surface area contributed by atoms with Crippen molar-refractivity contribution in [3.8, 4) is 6.07 Å². The lowest BCUT2D eigenvalue weighted by molar-refractivity contribution is 0.301. The number of benzene rings is 1. The quantitative estimate of drug-likeness (QED) is 0.890. The van der Waals surface area contributed by atoms with Crippen LogP contribution in [0.3, 0.4) is 0 Å². The molecule has 18 heavy (non-hydrogen) atoms. The van der Waals surface area contributed by atoms with E-state index in [-0.39, 0.29) is 0 Å². The van der Waals surface area contributed by atoms with Gasteiger partial charge in [-0.2, -0.15) is 5.26 Å². The van der Waals surface area contributed by atoms with Crippen molar-refractivity contribution in [1.29, 1.82) is 5.26 Å². The number of rotatable bonds is 2. The molecule has 0 aromatic heterocycles. The second kappa shape index (κ2) is 4.46. The van der Waals surface area contributed by atoms with Gasteiger partial charge in [0, 0.05) is 23.3 Å². The van der Waals surface area contributed by atoms with Crippen LogP contribution in [-0.4, -0.2) is 29.6 Å². The van der Waals surface area contributed by atoms with Gasteiger partial charge in [-0.1, -0.05) is 11.6 Å². The molecule has 4 heteroatoms. The van der Waals surface area contributed by atoms with Crippen LogP contribution in [0, 0.1) is 11.3 Å². The Labute approximate surface area is 112 Å². The van der Waals surface area contributed by atoms with E-state index in [1.807, 2.05) is 24.3 Å². The molecule has 0 radical (unpaired) electrons. The number of nitrogens with zero attached hydrogens (tertiary/aromatic N) is 2. The predicted octanol–water partition coefficient (Wildman–Crippen LogP) is 2.88. The van der Waals surface area contributed by atoms with Crippen LogP contribution in [0.4, 0.5) is 5.69 Å². The standard InChI is InChI=1S/C14H16ClN3/c15-11-3-5-12(6-4-11)17-14(10-16)7-9-18-8-1-2-13(14)18/h3-6,13,17H,1-2,7-9H2. The minimum Gasteiger partial charge on any atom is -0.366 e. The van der Waals surface area contributed by atoms with Gasteiger partial charge < -0.3 is 5.32 Å². The van der Waals surface area contributed by atoms with Crippen LogP contribution in [0.5, 0.6) is 0 Å². The summed E-state index contributed by atoms with van der Waals surface area (Å²) < 4.78 is 0. The molecule has 1 aromatic rings. The molecule has 1 aromatic carbocycles. The van der Waals surface area contributed by atoms with Gasteiger partial charge in [0.2, 0.25) is 0 Å². The van der Waals surface area contributed by atoms with E-state index in [2.05, 4.69) is 16.3 Å². The highest BCUT2D eigenvalue weighted by Crippen LogP contribution is 2.38. The van der Waals surface area contributed by atoms with Gasteiger partial charge >= 0.3 is 0 Å². The molecule has 94 valence electrons. The Morgan fingerprint density at radius 2 is 2.11 bits per heavy atom. The van der Waals surface area contributed by atoms with Crippen molar-refractivity contribution in [2.75, 3.05) is 18.4 Å². The minimum atomic E-state index is -0.426. The Morgan fingerprint density at radius 1 is 1.33 bits per heavy atom. The second-order valence-corrected chi connectivity index (χ2v) is 5.60. The largest absolute Gasteiger partial charge is 0.366 e. The maximum Gasteiger partial charge on any atom is 0.142 e. The van der Waals surface area contributed by atoms with Crippen LogP contribution in [0.2, 0.25) is 5.02 Å². The van der Waals surface area contributed by atoms with E-state index < -0.39 is 5.54 Å². The fourth-order valence-corrected chi connectivity index (χ4v) is 3.36. The molecule has 0 spiro atoms. The predicted molar refractivity (Wildman–Crippen MR) is 72.6 cm³/mol. The SMILES string of the molecule is N#CC1(Nc2ccc(Cl)cc2)CCN2CCCC21. The first kappa shape index (κ1) is 11.8. The molecule has 2 aliphatic heterocycles. The summed E-state index contributed by atoms with van der Waals surface area (Å²) in [4.78, 5) is 2.44. The molecule has 0 aliphatic carbocycles. The first-order valence-corrected chi connectivity index (χ1v) is 6.80. The summed E-state index contributed by atoms with van der Waals surface area (Å²) in [6.07, 6.45) is 3.22. The van der Waals surface area contributed by atoms with Gasteiger partial charge in [0.25, 0.3) is 0 Å². The first-order valence-electron chi connectivity index (χ1n) is 6.43. The molecule has 2 unspecified atom stereocenters. The number of nitrogens with one attached hydrogen (secondary N) is 1. The fraction of sp³-hybridized carbons (Fsp3) is 0.500. The van der Waals surface area contributed by atoms with E-state index in [0.29, 0.717) is 6.04 Å². The molecule has 2 heterocycles. The molecule has 0 bridgehead atoms. The van der Waals surface area contributed by atoms with Crippen molar-refractivity contribution in [2.45, 2.75) is 30.8 Å². The van der Waals surface area contributed by atoms with Crippen molar-refractivity contribution >= 4 is 17.3 Å². The van der Waals surface area contributed by atoms with Crippen LogP contribution >= 0.6 is 11.6 Å². The average Bonchev–Trinajstić information content (AvgIpc) is 2.96. The van der Waals surface area contributed by atoms with Gasteiger partial charge in [0.15, 0.2) is 0 Å². The molecule has 2 fully saturated rings. The van der Waals surface area contributed by atoms with Crippen LogP contribution in [0.1, 0.15) is 19.3 Å². The van der Waals surface area contributed by atoms with E-state index in [9.17, 15) is 5.26 Å². The molecular formula is C14H16ClN3. The van der Waals surface area contributed by atoms with Gasteiger partial charge in [-0.15, -0.1) is 0 Å². The molecule has 2 saturated heterocycles. The summed E-state index contributed by atoms with van der Waals surface area (Å²) in [6, 6.07) is 10.5. The third-order valence-corrected chi connectivity index (χ3v) is 4.39. The number of nitriles is 1. The van der Waals surface area contributed by atoms with Crippen LogP contribution in [0.15, 0.2) is 24.3 Å². The highest BCUT2D eigenvalue weighted by atomic mass is 35.5. The molecule has 3 rings (SSSR count). The number of hydrogen-bond acceptors (Lipinski definition) is 3. The van der Waals surface area contributed by atoms with E-state index >= 15 is 0 Å².